The summed E-state index contributed by atoms with van der Waals surface area (Å²) in [5, 5.41) is 9.64. The smallest absolute Gasteiger partial charge is 0.407 e. The van der Waals surface area contributed by atoms with Gasteiger partial charge in [-0.25, -0.2) is 14.8 Å². The fourth-order valence-electron chi connectivity index (χ4n) is 2.08. The van der Waals surface area contributed by atoms with E-state index in [4.69, 9.17) is 5.11 Å². The Morgan fingerprint density at radius 3 is 2.72 bits per heavy atom. The van der Waals surface area contributed by atoms with Crippen molar-refractivity contribution in [3.05, 3.63) is 59.6 Å². The van der Waals surface area contributed by atoms with Crippen LogP contribution in [0.5, 0.6) is 0 Å². The number of hydrogen-bond donors (Lipinski definition) is 1. The summed E-state index contributed by atoms with van der Waals surface area (Å²) in [7, 11) is 1.47. The lowest BCUT2D eigenvalue weighted by atomic mass is 10.2. The number of hydrogen-bond acceptors (Lipinski definition) is 5. The number of aromatic nitrogens is 2. The van der Waals surface area contributed by atoms with Gasteiger partial charge in [0, 0.05) is 18.1 Å². The van der Waals surface area contributed by atoms with E-state index < -0.39 is 12.0 Å². The maximum Gasteiger partial charge on any atom is 0.407 e. The maximum atomic E-state index is 14.1. The molecule has 0 aliphatic carbocycles. The normalized spacial score (nSPS) is 10.6. The first-order valence-corrected chi connectivity index (χ1v) is 8.95. The topological polar surface area (TPSA) is 66.3 Å². The third-order valence-electron chi connectivity index (χ3n) is 3.31. The molecule has 2 heterocycles. The fourth-order valence-corrected chi connectivity index (χ4v) is 4.45. The van der Waals surface area contributed by atoms with Gasteiger partial charge in [-0.05, 0) is 24.3 Å². The van der Waals surface area contributed by atoms with E-state index in [1.54, 1.807) is 12.1 Å². The molecule has 0 aliphatic heterocycles. The predicted octanol–water partition coefficient (Wildman–Crippen LogP) is 4.61. The second kappa shape index (κ2) is 7.62. The highest BCUT2D eigenvalue weighted by molar-refractivity contribution is 8.01. The van der Waals surface area contributed by atoms with Crippen LogP contribution in [0.25, 0.3) is 11.3 Å². The number of halogens is 1. The summed E-state index contributed by atoms with van der Waals surface area (Å²) in [6.45, 7) is 0.143. The molecule has 0 unspecified atom stereocenters. The number of rotatable bonds is 5. The standard InChI is InChI=1S/C17H14FN3O2S2/c1-21(17(22)23)10-13-20-14(12-8-5-9-19-15(12)18)16(25-13)24-11-6-3-2-4-7-11/h2-9H,10H2,1H3,(H,22,23). The van der Waals surface area contributed by atoms with Crippen molar-refractivity contribution in [3.8, 4) is 11.3 Å². The lowest BCUT2D eigenvalue weighted by Crippen LogP contribution is -2.23. The number of thiazole rings is 1. The van der Waals surface area contributed by atoms with E-state index in [0.717, 1.165) is 14.0 Å². The van der Waals surface area contributed by atoms with Gasteiger partial charge < -0.3 is 10.0 Å². The molecule has 25 heavy (non-hydrogen) atoms. The average Bonchev–Trinajstić information content (AvgIpc) is 2.98. The minimum absolute atomic E-state index is 0.143. The zero-order chi connectivity index (χ0) is 17.8. The molecule has 8 heteroatoms. The number of pyridine rings is 1. The van der Waals surface area contributed by atoms with E-state index in [2.05, 4.69) is 9.97 Å². The first-order chi connectivity index (χ1) is 12.0. The fraction of sp³-hybridized carbons (Fsp3) is 0.118. The lowest BCUT2D eigenvalue weighted by molar-refractivity contribution is 0.153. The van der Waals surface area contributed by atoms with Crippen molar-refractivity contribution in [3.63, 3.8) is 0 Å². The minimum Gasteiger partial charge on any atom is -0.465 e. The van der Waals surface area contributed by atoms with Crippen molar-refractivity contribution in [2.75, 3.05) is 7.05 Å². The van der Waals surface area contributed by atoms with Gasteiger partial charge >= 0.3 is 6.09 Å². The Morgan fingerprint density at radius 2 is 2.04 bits per heavy atom. The second-order valence-corrected chi connectivity index (χ2v) is 7.57. The number of carboxylic acid groups (broad SMARTS) is 1. The molecule has 0 saturated carbocycles. The average molecular weight is 375 g/mol. The Kier molecular flexibility index (Phi) is 5.30. The largest absolute Gasteiger partial charge is 0.465 e. The van der Waals surface area contributed by atoms with E-state index in [0.29, 0.717) is 16.3 Å². The highest BCUT2D eigenvalue weighted by Gasteiger charge is 2.19. The first-order valence-electron chi connectivity index (χ1n) is 7.32. The van der Waals surface area contributed by atoms with Gasteiger partial charge in [0.25, 0.3) is 0 Å². The van der Waals surface area contributed by atoms with Gasteiger partial charge in [-0.3, -0.25) is 0 Å². The van der Waals surface area contributed by atoms with Crippen LogP contribution in [0.2, 0.25) is 0 Å². The second-order valence-electron chi connectivity index (χ2n) is 5.14. The van der Waals surface area contributed by atoms with Crippen molar-refractivity contribution in [1.82, 2.24) is 14.9 Å². The van der Waals surface area contributed by atoms with Gasteiger partial charge in [-0.15, -0.1) is 11.3 Å². The zero-order valence-corrected chi connectivity index (χ0v) is 14.9. The van der Waals surface area contributed by atoms with Gasteiger partial charge in [0.2, 0.25) is 5.95 Å². The van der Waals surface area contributed by atoms with Gasteiger partial charge in [0.1, 0.15) is 10.7 Å². The number of amides is 1. The molecule has 1 aromatic carbocycles. The highest BCUT2D eigenvalue weighted by atomic mass is 32.2. The Bertz CT molecular complexity index is 887. The SMILES string of the molecule is CN(Cc1nc(-c2cccnc2F)c(Sc2ccccc2)s1)C(=O)O. The van der Waals surface area contributed by atoms with Crippen molar-refractivity contribution in [2.24, 2.45) is 0 Å². The number of carbonyl (C=O) groups is 1. The Balaban J connectivity index is 2.00. The molecule has 0 spiro atoms. The van der Waals surface area contributed by atoms with Crippen LogP contribution in [-0.2, 0) is 6.54 Å². The Labute approximate surface area is 152 Å². The summed E-state index contributed by atoms with van der Waals surface area (Å²) in [6.07, 6.45) is 0.343. The lowest BCUT2D eigenvalue weighted by Gasteiger charge is -2.09. The molecule has 3 rings (SSSR count). The molecule has 0 fully saturated rings. The van der Waals surface area contributed by atoms with Crippen molar-refractivity contribution < 1.29 is 14.3 Å². The molecule has 0 bridgehead atoms. The van der Waals surface area contributed by atoms with Crippen LogP contribution >= 0.6 is 23.1 Å². The Hall–Kier alpha value is -2.45. The quantitative estimate of drug-likeness (QED) is 0.660. The summed E-state index contributed by atoms with van der Waals surface area (Å²) in [5.74, 6) is -0.596. The zero-order valence-electron chi connectivity index (χ0n) is 13.2. The van der Waals surface area contributed by atoms with Crippen LogP contribution < -0.4 is 0 Å². The van der Waals surface area contributed by atoms with Crippen LogP contribution in [0.1, 0.15) is 5.01 Å². The monoisotopic (exact) mass is 375 g/mol. The molecule has 1 amide bonds. The third kappa shape index (κ3) is 4.15. The van der Waals surface area contributed by atoms with Gasteiger partial charge in [0.05, 0.1) is 16.3 Å². The molecular formula is C17H14FN3O2S2. The number of nitrogens with zero attached hydrogens (tertiary/aromatic N) is 3. The van der Waals surface area contributed by atoms with E-state index >= 15 is 0 Å². The minimum atomic E-state index is -1.04. The van der Waals surface area contributed by atoms with Crippen LogP contribution in [0.3, 0.4) is 0 Å². The summed E-state index contributed by atoms with van der Waals surface area (Å²) in [5.41, 5.74) is 0.791. The van der Waals surface area contributed by atoms with Gasteiger partial charge in [0.15, 0.2) is 0 Å². The summed E-state index contributed by atoms with van der Waals surface area (Å²) in [6, 6.07) is 13.0. The summed E-state index contributed by atoms with van der Waals surface area (Å²) >= 11 is 2.83. The summed E-state index contributed by atoms with van der Waals surface area (Å²) < 4.78 is 14.9. The summed E-state index contributed by atoms with van der Waals surface area (Å²) in [4.78, 5) is 21.3. The molecule has 5 nitrogen and oxygen atoms in total. The van der Waals surface area contributed by atoms with E-state index in [1.165, 1.54) is 36.3 Å². The van der Waals surface area contributed by atoms with Gasteiger partial charge in [-0.1, -0.05) is 30.0 Å². The molecule has 2 aromatic heterocycles. The third-order valence-corrected chi connectivity index (χ3v) is 5.53. The van der Waals surface area contributed by atoms with E-state index in [1.807, 2.05) is 30.3 Å². The molecule has 0 radical (unpaired) electrons. The molecule has 1 N–H and O–H groups in total. The Morgan fingerprint density at radius 1 is 1.28 bits per heavy atom. The molecular weight excluding hydrogens is 361 g/mol. The van der Waals surface area contributed by atoms with Crippen LogP contribution in [0, 0.1) is 5.95 Å². The first kappa shape index (κ1) is 17.4. The molecule has 0 atom stereocenters. The van der Waals surface area contributed by atoms with Crippen LogP contribution in [0.15, 0.2) is 57.8 Å². The van der Waals surface area contributed by atoms with E-state index in [9.17, 15) is 9.18 Å². The highest BCUT2D eigenvalue weighted by Crippen LogP contribution is 2.40. The molecule has 0 aliphatic rings. The van der Waals surface area contributed by atoms with Crippen LogP contribution in [0.4, 0.5) is 9.18 Å². The van der Waals surface area contributed by atoms with Gasteiger partial charge in [-0.2, -0.15) is 4.39 Å². The molecule has 128 valence electrons. The molecule has 3 aromatic rings. The molecule has 0 saturated heterocycles. The van der Waals surface area contributed by atoms with Crippen molar-refractivity contribution >= 4 is 29.2 Å². The maximum absolute atomic E-state index is 14.1. The number of benzene rings is 1. The van der Waals surface area contributed by atoms with Crippen LogP contribution in [-0.4, -0.2) is 33.1 Å². The predicted molar refractivity (Wildman–Crippen MR) is 95.4 cm³/mol. The van der Waals surface area contributed by atoms with Crippen molar-refractivity contribution in [1.29, 1.82) is 0 Å². The van der Waals surface area contributed by atoms with E-state index in [-0.39, 0.29) is 6.54 Å². The van der Waals surface area contributed by atoms with Crippen molar-refractivity contribution in [2.45, 2.75) is 15.6 Å².